The zero-order valence-electron chi connectivity index (χ0n) is 10.5. The van der Waals surface area contributed by atoms with Crippen molar-refractivity contribution in [3.8, 4) is 0 Å². The van der Waals surface area contributed by atoms with E-state index < -0.39 is 18.0 Å². The highest BCUT2D eigenvalue weighted by Crippen LogP contribution is 2.29. The fraction of sp³-hybridized carbons (Fsp3) is 0.818. The van der Waals surface area contributed by atoms with Crippen LogP contribution in [0.25, 0.3) is 0 Å². The summed E-state index contributed by atoms with van der Waals surface area (Å²) in [5, 5.41) is 3.59. The van der Waals surface area contributed by atoms with E-state index >= 15 is 0 Å². The number of aryl methyl sites for hydroxylation is 1. The molecule has 0 saturated heterocycles. The van der Waals surface area contributed by atoms with Crippen LogP contribution >= 0.6 is 0 Å². The van der Waals surface area contributed by atoms with Gasteiger partial charge in [-0.05, 0) is 12.8 Å². The smallest absolute Gasteiger partial charge is 0.339 e. The van der Waals surface area contributed by atoms with Crippen LogP contribution < -0.4 is 5.73 Å². The molecular weight excluding hydrogens is 247 g/mol. The standard InChI is InChI=1S/C11H18F3N3O/c1-3-10(4-2,7-15)9-16-8(17-18-9)5-6-11(12,13)14/h3-7,15H2,1-2H3. The van der Waals surface area contributed by atoms with Gasteiger partial charge in [0.05, 0.1) is 11.8 Å². The first-order chi connectivity index (χ1) is 8.37. The predicted molar refractivity (Wildman–Crippen MR) is 60.0 cm³/mol. The summed E-state index contributed by atoms with van der Waals surface area (Å²) in [6.07, 6.45) is -4.00. The third kappa shape index (κ3) is 3.44. The van der Waals surface area contributed by atoms with Gasteiger partial charge in [-0.15, -0.1) is 0 Å². The topological polar surface area (TPSA) is 64.9 Å². The Morgan fingerprint density at radius 1 is 1.22 bits per heavy atom. The number of rotatable bonds is 6. The molecule has 0 unspecified atom stereocenters. The number of alkyl halides is 3. The van der Waals surface area contributed by atoms with Gasteiger partial charge in [0.25, 0.3) is 0 Å². The van der Waals surface area contributed by atoms with Crippen molar-refractivity contribution in [2.45, 2.75) is 51.1 Å². The Labute approximate surface area is 104 Å². The lowest BCUT2D eigenvalue weighted by molar-refractivity contribution is -0.134. The Morgan fingerprint density at radius 2 is 1.83 bits per heavy atom. The van der Waals surface area contributed by atoms with Crippen molar-refractivity contribution in [3.63, 3.8) is 0 Å². The molecule has 0 radical (unpaired) electrons. The van der Waals surface area contributed by atoms with E-state index in [9.17, 15) is 13.2 Å². The van der Waals surface area contributed by atoms with Gasteiger partial charge in [-0.1, -0.05) is 19.0 Å². The van der Waals surface area contributed by atoms with Crippen molar-refractivity contribution in [2.24, 2.45) is 5.73 Å². The van der Waals surface area contributed by atoms with Crippen LogP contribution in [0.15, 0.2) is 4.52 Å². The summed E-state index contributed by atoms with van der Waals surface area (Å²) < 4.78 is 41.3. The van der Waals surface area contributed by atoms with Gasteiger partial charge in [0.2, 0.25) is 5.89 Å². The first-order valence-electron chi connectivity index (χ1n) is 5.96. The molecule has 0 fully saturated rings. The fourth-order valence-corrected chi connectivity index (χ4v) is 1.75. The predicted octanol–water partition coefficient (Wildman–Crippen LogP) is 2.58. The van der Waals surface area contributed by atoms with Crippen molar-refractivity contribution in [2.75, 3.05) is 6.54 Å². The molecule has 0 atom stereocenters. The summed E-state index contributed by atoms with van der Waals surface area (Å²) in [5.74, 6) is 0.425. The normalized spacial score (nSPS) is 13.0. The van der Waals surface area contributed by atoms with Crippen LogP contribution in [0.3, 0.4) is 0 Å². The van der Waals surface area contributed by atoms with Crippen molar-refractivity contribution >= 4 is 0 Å². The van der Waals surface area contributed by atoms with Gasteiger partial charge in [0, 0.05) is 13.0 Å². The minimum absolute atomic E-state index is 0.0852. The lowest BCUT2D eigenvalue weighted by Crippen LogP contribution is -2.34. The average Bonchev–Trinajstić information content (AvgIpc) is 2.78. The molecule has 0 aliphatic heterocycles. The van der Waals surface area contributed by atoms with E-state index in [0.29, 0.717) is 25.3 Å². The fourth-order valence-electron chi connectivity index (χ4n) is 1.75. The Balaban J connectivity index is 2.79. The summed E-state index contributed by atoms with van der Waals surface area (Å²) >= 11 is 0. The number of nitrogens with two attached hydrogens (primary N) is 1. The van der Waals surface area contributed by atoms with E-state index in [1.807, 2.05) is 13.8 Å². The van der Waals surface area contributed by atoms with E-state index in [4.69, 9.17) is 10.3 Å². The molecule has 1 aromatic heterocycles. The van der Waals surface area contributed by atoms with E-state index in [1.54, 1.807) is 0 Å². The minimum atomic E-state index is -4.21. The quantitative estimate of drug-likeness (QED) is 0.858. The summed E-state index contributed by atoms with van der Waals surface area (Å²) in [5.41, 5.74) is 5.28. The molecule has 0 aliphatic rings. The van der Waals surface area contributed by atoms with Gasteiger partial charge < -0.3 is 10.3 Å². The first kappa shape index (κ1) is 14.9. The molecule has 0 amide bonds. The molecule has 1 aromatic rings. The van der Waals surface area contributed by atoms with Gasteiger partial charge in [-0.25, -0.2) is 0 Å². The molecule has 0 bridgehead atoms. The van der Waals surface area contributed by atoms with Crippen LogP contribution in [-0.2, 0) is 11.8 Å². The molecule has 0 aromatic carbocycles. The Bertz CT molecular complexity index is 364. The van der Waals surface area contributed by atoms with Crippen LogP contribution in [0.5, 0.6) is 0 Å². The highest BCUT2D eigenvalue weighted by atomic mass is 19.4. The molecule has 104 valence electrons. The summed E-state index contributed by atoms with van der Waals surface area (Å²) in [6.45, 7) is 4.22. The molecule has 1 rings (SSSR count). The molecule has 4 nitrogen and oxygen atoms in total. The highest BCUT2D eigenvalue weighted by molar-refractivity contribution is 5.05. The Kier molecular flexibility index (Phi) is 4.72. The molecule has 0 spiro atoms. The van der Waals surface area contributed by atoms with E-state index in [2.05, 4.69) is 10.1 Å². The van der Waals surface area contributed by atoms with Crippen LogP contribution in [0, 0.1) is 0 Å². The minimum Gasteiger partial charge on any atom is -0.339 e. The summed E-state index contributed by atoms with van der Waals surface area (Å²) in [4.78, 5) is 4.04. The van der Waals surface area contributed by atoms with Gasteiger partial charge in [0.1, 0.15) is 0 Å². The molecule has 18 heavy (non-hydrogen) atoms. The van der Waals surface area contributed by atoms with Crippen molar-refractivity contribution in [1.29, 1.82) is 0 Å². The largest absolute Gasteiger partial charge is 0.389 e. The Hall–Kier alpha value is -1.11. The highest BCUT2D eigenvalue weighted by Gasteiger charge is 2.34. The molecular formula is C11H18F3N3O. The maximum Gasteiger partial charge on any atom is 0.389 e. The second kappa shape index (κ2) is 5.69. The second-order valence-electron chi connectivity index (χ2n) is 4.32. The van der Waals surface area contributed by atoms with Crippen molar-refractivity contribution in [3.05, 3.63) is 11.7 Å². The maximum absolute atomic E-state index is 12.1. The third-order valence-electron chi connectivity index (χ3n) is 3.30. The van der Waals surface area contributed by atoms with Crippen LogP contribution in [0.2, 0.25) is 0 Å². The monoisotopic (exact) mass is 265 g/mol. The van der Waals surface area contributed by atoms with Crippen molar-refractivity contribution < 1.29 is 17.7 Å². The lowest BCUT2D eigenvalue weighted by atomic mass is 9.82. The lowest BCUT2D eigenvalue weighted by Gasteiger charge is -2.24. The van der Waals surface area contributed by atoms with Gasteiger partial charge >= 0.3 is 6.18 Å². The third-order valence-corrected chi connectivity index (χ3v) is 3.30. The van der Waals surface area contributed by atoms with Crippen molar-refractivity contribution in [1.82, 2.24) is 10.1 Å². The zero-order valence-corrected chi connectivity index (χ0v) is 10.5. The number of aromatic nitrogens is 2. The molecule has 1 heterocycles. The molecule has 0 aliphatic carbocycles. The number of nitrogens with zero attached hydrogens (tertiary/aromatic N) is 2. The van der Waals surface area contributed by atoms with Crippen LogP contribution in [0.1, 0.15) is 44.8 Å². The number of halogens is 3. The maximum atomic E-state index is 12.1. The molecule has 0 saturated carbocycles. The SMILES string of the molecule is CCC(CC)(CN)c1nc(CCC(F)(F)F)no1. The Morgan fingerprint density at radius 3 is 2.28 bits per heavy atom. The summed E-state index contributed by atoms with van der Waals surface area (Å²) in [6, 6.07) is 0. The molecule has 2 N–H and O–H groups in total. The van der Waals surface area contributed by atoms with Gasteiger partial charge in [-0.3, -0.25) is 0 Å². The van der Waals surface area contributed by atoms with E-state index in [0.717, 1.165) is 0 Å². The molecule has 7 heteroatoms. The van der Waals surface area contributed by atoms with E-state index in [-0.39, 0.29) is 12.2 Å². The van der Waals surface area contributed by atoms with E-state index in [1.165, 1.54) is 0 Å². The second-order valence-corrected chi connectivity index (χ2v) is 4.32. The van der Waals surface area contributed by atoms with Crippen LogP contribution in [-0.4, -0.2) is 22.9 Å². The van der Waals surface area contributed by atoms with Crippen LogP contribution in [0.4, 0.5) is 13.2 Å². The average molecular weight is 265 g/mol. The summed E-state index contributed by atoms with van der Waals surface area (Å²) in [7, 11) is 0. The first-order valence-corrected chi connectivity index (χ1v) is 5.96. The van der Waals surface area contributed by atoms with Gasteiger partial charge in [-0.2, -0.15) is 18.2 Å². The zero-order chi connectivity index (χ0) is 13.8. The number of hydrogen-bond acceptors (Lipinski definition) is 4. The number of hydrogen-bond donors (Lipinski definition) is 1. The van der Waals surface area contributed by atoms with Gasteiger partial charge in [0.15, 0.2) is 5.82 Å².